The Morgan fingerprint density at radius 1 is 1.09 bits per heavy atom. The Morgan fingerprint density at radius 2 is 1.85 bits per heavy atom. The molecule has 2 nitrogen and oxygen atoms in total. The minimum Gasteiger partial charge on any atom is -0.462 e. The Bertz CT molecular complexity index is 802. The normalized spacial score (nSPS) is 40.7. The quantitative estimate of drug-likeness (QED) is 0.296. The summed E-state index contributed by atoms with van der Waals surface area (Å²) >= 11 is 0. The maximum atomic E-state index is 11.5. The maximum Gasteiger partial charge on any atom is 0.302 e. The van der Waals surface area contributed by atoms with Gasteiger partial charge in [0, 0.05) is 13.3 Å². The van der Waals surface area contributed by atoms with E-state index in [2.05, 4.69) is 47.6 Å². The highest BCUT2D eigenvalue weighted by molar-refractivity contribution is 5.66. The van der Waals surface area contributed by atoms with Gasteiger partial charge in [-0.2, -0.15) is 0 Å². The molecule has 0 N–H and O–H groups in total. The van der Waals surface area contributed by atoms with Crippen LogP contribution < -0.4 is 0 Å². The third-order valence-corrected chi connectivity index (χ3v) is 11.2. The highest BCUT2D eigenvalue weighted by Crippen LogP contribution is 2.67. The zero-order chi connectivity index (χ0) is 24.0. The van der Waals surface area contributed by atoms with Gasteiger partial charge in [0.2, 0.25) is 0 Å². The van der Waals surface area contributed by atoms with Crippen molar-refractivity contribution in [3.8, 4) is 0 Å². The average molecular weight is 455 g/mol. The lowest BCUT2D eigenvalue weighted by Gasteiger charge is -2.58. The lowest BCUT2D eigenvalue weighted by molar-refractivity contribution is -0.148. The molecule has 0 amide bonds. The molecule has 0 spiro atoms. The molecular weight excluding hydrogens is 404 g/mol. The van der Waals surface area contributed by atoms with Gasteiger partial charge in [0.25, 0.3) is 0 Å². The van der Waals surface area contributed by atoms with Crippen molar-refractivity contribution in [3.05, 3.63) is 22.8 Å². The predicted octanol–water partition coefficient (Wildman–Crippen LogP) is 8.66. The largest absolute Gasteiger partial charge is 0.462 e. The van der Waals surface area contributed by atoms with Gasteiger partial charge in [-0.3, -0.25) is 4.79 Å². The van der Waals surface area contributed by atoms with E-state index in [4.69, 9.17) is 4.74 Å². The monoisotopic (exact) mass is 454 g/mol. The molecule has 4 aliphatic carbocycles. The summed E-state index contributed by atoms with van der Waals surface area (Å²) in [5.74, 6) is 4.22. The first-order valence-corrected chi connectivity index (χ1v) is 14.1. The molecule has 3 saturated carbocycles. The molecule has 4 unspecified atom stereocenters. The van der Waals surface area contributed by atoms with Crippen molar-refractivity contribution in [3.63, 3.8) is 0 Å². The summed E-state index contributed by atoms with van der Waals surface area (Å²) in [6, 6.07) is 0. The number of fused-ring (bicyclic) bond motifs is 5. The van der Waals surface area contributed by atoms with Gasteiger partial charge >= 0.3 is 5.97 Å². The van der Waals surface area contributed by atoms with E-state index in [-0.39, 0.29) is 12.1 Å². The van der Waals surface area contributed by atoms with Crippen LogP contribution in [0.5, 0.6) is 0 Å². The van der Waals surface area contributed by atoms with Crippen LogP contribution in [0.15, 0.2) is 22.8 Å². The molecule has 0 heterocycles. The highest BCUT2D eigenvalue weighted by Gasteiger charge is 2.59. The SMILES string of the molecule is CCC(CC[C@H](C)C1CCC2C3CC=C4C[C@@H](OC(C)=O)CC[C@]4(C)C3CC[C@@]21C)=C(C)C. The Hall–Kier alpha value is -1.05. The standard InChI is InChI=1S/C31H50O2/c1-8-23(20(2)3)10-9-21(4)27-13-14-28-26-12-11-24-19-25(33-22(5)32)15-17-30(24,6)29(26)16-18-31(27,28)7/h11,21,25-29H,8-10,12-19H2,1-7H3/t21-,25-,26?,27?,28?,29?,30-,31+/m0/s1. The molecule has 0 saturated heterocycles. The van der Waals surface area contributed by atoms with Gasteiger partial charge in [-0.15, -0.1) is 0 Å². The summed E-state index contributed by atoms with van der Waals surface area (Å²) in [5.41, 5.74) is 5.72. The van der Waals surface area contributed by atoms with E-state index in [9.17, 15) is 4.79 Å². The van der Waals surface area contributed by atoms with Crippen LogP contribution in [0.25, 0.3) is 0 Å². The van der Waals surface area contributed by atoms with Crippen LogP contribution in [-0.2, 0) is 9.53 Å². The number of carbonyl (C=O) groups is 1. The number of esters is 1. The number of rotatable bonds is 6. The van der Waals surface area contributed by atoms with Gasteiger partial charge in [-0.1, -0.05) is 50.5 Å². The van der Waals surface area contributed by atoms with Crippen molar-refractivity contribution >= 4 is 5.97 Å². The molecule has 33 heavy (non-hydrogen) atoms. The maximum absolute atomic E-state index is 11.5. The average Bonchev–Trinajstić information content (AvgIpc) is 3.11. The molecular formula is C31H50O2. The highest BCUT2D eigenvalue weighted by atomic mass is 16.5. The minimum atomic E-state index is -0.118. The van der Waals surface area contributed by atoms with Crippen molar-refractivity contribution in [2.75, 3.05) is 0 Å². The summed E-state index contributed by atoms with van der Waals surface area (Å²) < 4.78 is 5.63. The second kappa shape index (κ2) is 9.54. The number of ether oxygens (including phenoxy) is 1. The number of carbonyl (C=O) groups excluding carboxylic acids is 1. The molecule has 186 valence electrons. The second-order valence-electron chi connectivity index (χ2n) is 12.9. The van der Waals surface area contributed by atoms with Gasteiger partial charge in [-0.25, -0.2) is 0 Å². The fraction of sp³-hybridized carbons (Fsp3) is 0.839. The first-order valence-electron chi connectivity index (χ1n) is 14.1. The van der Waals surface area contributed by atoms with Gasteiger partial charge in [0.15, 0.2) is 0 Å². The molecule has 0 aromatic rings. The fourth-order valence-corrected chi connectivity index (χ4v) is 9.32. The van der Waals surface area contributed by atoms with Crippen molar-refractivity contribution in [2.24, 2.45) is 40.4 Å². The van der Waals surface area contributed by atoms with E-state index in [1.165, 1.54) is 57.8 Å². The van der Waals surface area contributed by atoms with Crippen LogP contribution >= 0.6 is 0 Å². The summed E-state index contributed by atoms with van der Waals surface area (Å²) in [6.45, 7) is 16.3. The van der Waals surface area contributed by atoms with E-state index in [1.807, 2.05) is 0 Å². The second-order valence-corrected chi connectivity index (χ2v) is 12.9. The molecule has 0 radical (unpaired) electrons. The fourth-order valence-electron chi connectivity index (χ4n) is 9.32. The van der Waals surface area contributed by atoms with Gasteiger partial charge < -0.3 is 4.74 Å². The Balaban J connectivity index is 1.47. The van der Waals surface area contributed by atoms with Crippen molar-refractivity contribution in [2.45, 2.75) is 125 Å². The van der Waals surface area contributed by atoms with Crippen LogP contribution in [0.2, 0.25) is 0 Å². The number of hydrogen-bond acceptors (Lipinski definition) is 2. The minimum absolute atomic E-state index is 0.109. The molecule has 2 heteroatoms. The molecule has 3 fully saturated rings. The van der Waals surface area contributed by atoms with E-state index < -0.39 is 0 Å². The van der Waals surface area contributed by atoms with E-state index >= 15 is 0 Å². The first-order chi connectivity index (χ1) is 15.6. The lowest BCUT2D eigenvalue weighted by Crippen LogP contribution is -2.51. The Labute approximate surface area is 204 Å². The molecule has 0 aliphatic heterocycles. The number of allylic oxidation sites excluding steroid dienone is 3. The summed E-state index contributed by atoms with van der Waals surface area (Å²) in [4.78, 5) is 11.5. The third-order valence-electron chi connectivity index (χ3n) is 11.2. The zero-order valence-corrected chi connectivity index (χ0v) is 22.6. The van der Waals surface area contributed by atoms with Crippen LogP contribution in [0, 0.1) is 40.4 Å². The van der Waals surface area contributed by atoms with Crippen LogP contribution in [-0.4, -0.2) is 12.1 Å². The number of hydrogen-bond donors (Lipinski definition) is 0. The summed E-state index contributed by atoms with van der Waals surface area (Å²) in [5, 5.41) is 0. The van der Waals surface area contributed by atoms with E-state index in [0.29, 0.717) is 10.8 Å². The zero-order valence-electron chi connectivity index (χ0n) is 22.6. The smallest absolute Gasteiger partial charge is 0.302 e. The molecule has 8 atom stereocenters. The third kappa shape index (κ3) is 4.50. The van der Waals surface area contributed by atoms with E-state index in [1.54, 1.807) is 23.6 Å². The van der Waals surface area contributed by atoms with Crippen molar-refractivity contribution in [1.82, 2.24) is 0 Å². The van der Waals surface area contributed by atoms with Crippen LogP contribution in [0.4, 0.5) is 0 Å². The van der Waals surface area contributed by atoms with Crippen LogP contribution in [0.1, 0.15) is 119 Å². The van der Waals surface area contributed by atoms with Gasteiger partial charge in [-0.05, 0) is 118 Å². The predicted molar refractivity (Wildman–Crippen MR) is 138 cm³/mol. The molecule has 0 aromatic heterocycles. The lowest BCUT2D eigenvalue weighted by atomic mass is 9.47. The van der Waals surface area contributed by atoms with Crippen molar-refractivity contribution in [1.29, 1.82) is 0 Å². The molecule has 4 aliphatic rings. The summed E-state index contributed by atoms with van der Waals surface area (Å²) in [6.07, 6.45) is 16.8. The summed E-state index contributed by atoms with van der Waals surface area (Å²) in [7, 11) is 0. The Kier molecular flexibility index (Phi) is 7.24. The topological polar surface area (TPSA) is 26.3 Å². The van der Waals surface area contributed by atoms with Gasteiger partial charge in [0.1, 0.15) is 6.10 Å². The first kappa shape index (κ1) is 25.1. The van der Waals surface area contributed by atoms with E-state index in [0.717, 1.165) is 42.4 Å². The van der Waals surface area contributed by atoms with Crippen molar-refractivity contribution < 1.29 is 9.53 Å². The molecule has 0 aromatic carbocycles. The molecule has 0 bridgehead atoms. The molecule has 4 rings (SSSR count). The van der Waals surface area contributed by atoms with Gasteiger partial charge in [0.05, 0.1) is 0 Å². The van der Waals surface area contributed by atoms with Crippen LogP contribution in [0.3, 0.4) is 0 Å². The Morgan fingerprint density at radius 3 is 2.52 bits per heavy atom.